The minimum absolute atomic E-state index is 0.213. The Bertz CT molecular complexity index is 1290. The molecular formula is C24H23N3O3. The minimum Gasteiger partial charge on any atom is -0.450 e. The van der Waals surface area contributed by atoms with Gasteiger partial charge in [0.2, 0.25) is 0 Å². The number of aryl methyl sites for hydroxylation is 3. The average molecular weight is 401 g/mol. The van der Waals surface area contributed by atoms with Gasteiger partial charge >= 0.3 is 0 Å². The fourth-order valence-corrected chi connectivity index (χ4v) is 3.46. The molecule has 0 fully saturated rings. The third-order valence-electron chi connectivity index (χ3n) is 5.38. The monoisotopic (exact) mass is 401 g/mol. The van der Waals surface area contributed by atoms with Gasteiger partial charge in [0.05, 0.1) is 12.2 Å². The highest BCUT2D eigenvalue weighted by Crippen LogP contribution is 2.29. The molecule has 6 nitrogen and oxygen atoms in total. The number of nitrogens with one attached hydrogen (secondary N) is 1. The molecule has 0 saturated heterocycles. The Balaban J connectivity index is 1.49. The lowest BCUT2D eigenvalue weighted by atomic mass is 10.0. The molecule has 4 rings (SSSR count). The molecule has 0 aliphatic heterocycles. The first-order valence-corrected chi connectivity index (χ1v) is 9.87. The zero-order chi connectivity index (χ0) is 21.3. The SMILES string of the molecule is Cc1ccc2c(C)c(C(=O)NCCn3nc(-c4ccccc4)ccc3=O)oc2c1C. The lowest BCUT2D eigenvalue weighted by molar-refractivity contribution is 0.0925. The molecule has 152 valence electrons. The predicted octanol–water partition coefficient (Wildman–Crippen LogP) is 4.01. The van der Waals surface area contributed by atoms with E-state index in [-0.39, 0.29) is 24.6 Å². The maximum atomic E-state index is 12.7. The van der Waals surface area contributed by atoms with E-state index in [1.807, 2.05) is 63.2 Å². The molecule has 1 N–H and O–H groups in total. The molecule has 0 radical (unpaired) electrons. The molecule has 0 saturated carbocycles. The summed E-state index contributed by atoms with van der Waals surface area (Å²) < 4.78 is 7.24. The Hall–Kier alpha value is -3.67. The van der Waals surface area contributed by atoms with Crippen molar-refractivity contribution < 1.29 is 9.21 Å². The van der Waals surface area contributed by atoms with Crippen LogP contribution in [-0.2, 0) is 6.54 Å². The molecular weight excluding hydrogens is 378 g/mol. The van der Waals surface area contributed by atoms with Gasteiger partial charge in [-0.3, -0.25) is 9.59 Å². The summed E-state index contributed by atoms with van der Waals surface area (Å²) in [7, 11) is 0. The molecule has 0 atom stereocenters. The molecule has 2 aromatic carbocycles. The number of carbonyl (C=O) groups excluding carboxylic acids is 1. The van der Waals surface area contributed by atoms with Crippen LogP contribution in [0, 0.1) is 20.8 Å². The van der Waals surface area contributed by atoms with Gasteiger partial charge in [0, 0.05) is 29.1 Å². The smallest absolute Gasteiger partial charge is 0.287 e. The second-order valence-corrected chi connectivity index (χ2v) is 7.34. The number of benzene rings is 2. The molecule has 0 unspecified atom stereocenters. The highest BCUT2D eigenvalue weighted by molar-refractivity contribution is 5.99. The minimum atomic E-state index is -0.298. The molecule has 2 heterocycles. The predicted molar refractivity (Wildman–Crippen MR) is 117 cm³/mol. The Morgan fingerprint density at radius 3 is 2.53 bits per heavy atom. The van der Waals surface area contributed by atoms with Crippen LogP contribution in [0.1, 0.15) is 27.2 Å². The van der Waals surface area contributed by atoms with E-state index in [0.29, 0.717) is 11.5 Å². The molecule has 6 heteroatoms. The molecule has 1 amide bonds. The summed E-state index contributed by atoms with van der Waals surface area (Å²) >= 11 is 0. The second-order valence-electron chi connectivity index (χ2n) is 7.34. The zero-order valence-corrected chi connectivity index (χ0v) is 17.2. The van der Waals surface area contributed by atoms with Gasteiger partial charge in [-0.05, 0) is 38.0 Å². The van der Waals surface area contributed by atoms with Crippen LogP contribution < -0.4 is 10.9 Å². The summed E-state index contributed by atoms with van der Waals surface area (Å²) in [5, 5.41) is 8.19. The van der Waals surface area contributed by atoms with Gasteiger partial charge in [0.1, 0.15) is 5.58 Å². The average Bonchev–Trinajstić information content (AvgIpc) is 3.10. The molecule has 0 aliphatic carbocycles. The van der Waals surface area contributed by atoms with Crippen molar-refractivity contribution in [1.29, 1.82) is 0 Å². The van der Waals surface area contributed by atoms with Crippen LogP contribution >= 0.6 is 0 Å². The summed E-state index contributed by atoms with van der Waals surface area (Å²) in [5.74, 6) is 0.00468. The first kappa shape index (κ1) is 19.6. The maximum absolute atomic E-state index is 12.7. The largest absolute Gasteiger partial charge is 0.450 e. The van der Waals surface area contributed by atoms with E-state index >= 15 is 0 Å². The van der Waals surface area contributed by atoms with Crippen LogP contribution in [-0.4, -0.2) is 22.2 Å². The fourth-order valence-electron chi connectivity index (χ4n) is 3.46. The van der Waals surface area contributed by atoms with Crippen molar-refractivity contribution in [2.75, 3.05) is 6.54 Å². The van der Waals surface area contributed by atoms with Gasteiger partial charge in [0.25, 0.3) is 11.5 Å². The van der Waals surface area contributed by atoms with E-state index in [2.05, 4.69) is 10.4 Å². The Labute approximate surface area is 174 Å². The maximum Gasteiger partial charge on any atom is 0.287 e. The van der Waals surface area contributed by atoms with Crippen LogP contribution in [0.15, 0.2) is 63.8 Å². The third-order valence-corrected chi connectivity index (χ3v) is 5.38. The van der Waals surface area contributed by atoms with E-state index in [1.165, 1.54) is 10.7 Å². The standard InChI is InChI=1S/C24H23N3O3/c1-15-9-10-19-17(3)23(30-22(19)16(15)2)24(29)25-13-14-27-21(28)12-11-20(26-27)18-7-5-4-6-8-18/h4-12H,13-14H2,1-3H3,(H,25,29). The van der Waals surface area contributed by atoms with Crippen LogP contribution in [0.25, 0.3) is 22.2 Å². The number of carbonyl (C=O) groups is 1. The lowest BCUT2D eigenvalue weighted by Gasteiger charge is -2.08. The van der Waals surface area contributed by atoms with Gasteiger partial charge in [0.15, 0.2) is 5.76 Å². The number of hydrogen-bond acceptors (Lipinski definition) is 4. The number of aromatic nitrogens is 2. The number of fused-ring (bicyclic) bond motifs is 1. The van der Waals surface area contributed by atoms with E-state index in [9.17, 15) is 9.59 Å². The summed E-state index contributed by atoms with van der Waals surface area (Å²) in [5.41, 5.74) is 5.13. The van der Waals surface area contributed by atoms with Crippen molar-refractivity contribution in [3.05, 3.63) is 87.4 Å². The fraction of sp³-hybridized carbons (Fsp3) is 0.208. The van der Waals surface area contributed by atoms with Gasteiger partial charge < -0.3 is 9.73 Å². The lowest BCUT2D eigenvalue weighted by Crippen LogP contribution is -2.32. The summed E-state index contributed by atoms with van der Waals surface area (Å²) in [6.45, 7) is 6.41. The van der Waals surface area contributed by atoms with Crippen molar-refractivity contribution in [1.82, 2.24) is 15.1 Å². The van der Waals surface area contributed by atoms with Crippen molar-refractivity contribution in [2.45, 2.75) is 27.3 Å². The van der Waals surface area contributed by atoms with Crippen molar-refractivity contribution >= 4 is 16.9 Å². The molecule has 4 aromatic rings. The highest BCUT2D eigenvalue weighted by Gasteiger charge is 2.19. The van der Waals surface area contributed by atoms with E-state index in [0.717, 1.165) is 33.2 Å². The van der Waals surface area contributed by atoms with Crippen LogP contribution in [0.2, 0.25) is 0 Å². The Morgan fingerprint density at radius 2 is 1.77 bits per heavy atom. The molecule has 30 heavy (non-hydrogen) atoms. The van der Waals surface area contributed by atoms with Crippen LogP contribution in [0.5, 0.6) is 0 Å². The first-order chi connectivity index (χ1) is 14.5. The van der Waals surface area contributed by atoms with E-state index < -0.39 is 0 Å². The quantitative estimate of drug-likeness (QED) is 0.548. The molecule has 0 bridgehead atoms. The third kappa shape index (κ3) is 3.64. The Kier molecular flexibility index (Phi) is 5.23. The zero-order valence-electron chi connectivity index (χ0n) is 17.2. The first-order valence-electron chi connectivity index (χ1n) is 9.87. The van der Waals surface area contributed by atoms with Crippen molar-refractivity contribution in [3.63, 3.8) is 0 Å². The normalized spacial score (nSPS) is 11.0. The van der Waals surface area contributed by atoms with Gasteiger partial charge in [-0.2, -0.15) is 5.10 Å². The van der Waals surface area contributed by atoms with Gasteiger partial charge in [-0.1, -0.05) is 42.5 Å². The number of furan rings is 1. The molecule has 0 spiro atoms. The molecule has 2 aromatic heterocycles. The number of rotatable bonds is 5. The summed E-state index contributed by atoms with van der Waals surface area (Å²) in [6, 6.07) is 16.8. The van der Waals surface area contributed by atoms with E-state index in [4.69, 9.17) is 4.42 Å². The summed E-state index contributed by atoms with van der Waals surface area (Å²) in [4.78, 5) is 24.8. The van der Waals surface area contributed by atoms with Crippen LogP contribution in [0.3, 0.4) is 0 Å². The van der Waals surface area contributed by atoms with Crippen molar-refractivity contribution in [3.8, 4) is 11.3 Å². The van der Waals surface area contributed by atoms with Crippen molar-refractivity contribution in [2.24, 2.45) is 0 Å². The van der Waals surface area contributed by atoms with Gasteiger partial charge in [-0.25, -0.2) is 4.68 Å². The van der Waals surface area contributed by atoms with Gasteiger partial charge in [-0.15, -0.1) is 0 Å². The molecule has 0 aliphatic rings. The second kappa shape index (κ2) is 7.99. The number of hydrogen-bond donors (Lipinski definition) is 1. The summed E-state index contributed by atoms with van der Waals surface area (Å²) in [6.07, 6.45) is 0. The van der Waals surface area contributed by atoms with E-state index in [1.54, 1.807) is 6.07 Å². The number of nitrogens with zero attached hydrogens (tertiary/aromatic N) is 2. The van der Waals surface area contributed by atoms with Crippen LogP contribution in [0.4, 0.5) is 0 Å². The topological polar surface area (TPSA) is 77.1 Å². The number of amides is 1. The Morgan fingerprint density at radius 1 is 1.00 bits per heavy atom. The highest BCUT2D eigenvalue weighted by atomic mass is 16.3.